The van der Waals surface area contributed by atoms with E-state index in [1.54, 1.807) is 4.90 Å². The zero-order valence-corrected chi connectivity index (χ0v) is 21.5. The van der Waals surface area contributed by atoms with E-state index in [1.165, 1.54) is 17.3 Å². The molecule has 1 aromatic carbocycles. The third kappa shape index (κ3) is 8.41. The van der Waals surface area contributed by atoms with Gasteiger partial charge in [-0.05, 0) is 74.9 Å². The number of hydrogen-bond donors (Lipinski definition) is 1. The molecule has 7 heteroatoms. The molecule has 1 amide bonds. The molecule has 0 aromatic heterocycles. The lowest BCUT2D eigenvalue weighted by Gasteiger charge is -2.39. The molecule has 1 heterocycles. The molecule has 180 valence electrons. The van der Waals surface area contributed by atoms with Crippen LogP contribution in [0.2, 0.25) is 0 Å². The number of hydroxylamine groups is 1. The average molecular weight is 465 g/mol. The molecule has 1 aliphatic rings. The maximum absolute atomic E-state index is 13.2. The van der Waals surface area contributed by atoms with Crippen molar-refractivity contribution in [3.05, 3.63) is 29.8 Å². The summed E-state index contributed by atoms with van der Waals surface area (Å²) in [5.74, 6) is 0. The molecule has 1 aromatic rings. The van der Waals surface area contributed by atoms with Gasteiger partial charge in [0, 0.05) is 11.4 Å². The first-order valence-corrected chi connectivity index (χ1v) is 12.4. The number of thioether (sulfide) groups is 1. The van der Waals surface area contributed by atoms with E-state index in [0.29, 0.717) is 19.6 Å². The summed E-state index contributed by atoms with van der Waals surface area (Å²) in [5, 5.41) is -0.0373. The number of rotatable bonds is 7. The van der Waals surface area contributed by atoms with Crippen molar-refractivity contribution in [2.75, 3.05) is 13.2 Å². The van der Waals surface area contributed by atoms with Crippen LogP contribution in [0.5, 0.6) is 0 Å². The molecule has 0 saturated carbocycles. The van der Waals surface area contributed by atoms with Gasteiger partial charge in [0.05, 0.1) is 12.6 Å². The van der Waals surface area contributed by atoms with Crippen LogP contribution in [0.4, 0.5) is 4.79 Å². The molecule has 0 unspecified atom stereocenters. The second-order valence-electron chi connectivity index (χ2n) is 10.4. The Kier molecular flexibility index (Phi) is 9.61. The van der Waals surface area contributed by atoms with Gasteiger partial charge in [0.15, 0.2) is 0 Å². The minimum atomic E-state index is -0.626. The summed E-state index contributed by atoms with van der Waals surface area (Å²) in [6, 6.07) is 7.54. The van der Waals surface area contributed by atoms with Gasteiger partial charge in [-0.1, -0.05) is 46.2 Å². The molecule has 1 saturated heterocycles. The maximum Gasteiger partial charge on any atom is 0.410 e. The number of carbonyl (C=O) groups excluding carboxylic acids is 2. The topological polar surface area (TPSA) is 67.9 Å². The smallest absolute Gasteiger partial charge is 0.410 e. The first-order chi connectivity index (χ1) is 14.9. The van der Waals surface area contributed by atoms with Crippen LogP contribution in [0.1, 0.15) is 79.7 Å². The fraction of sp³-hybridized carbons (Fsp3) is 0.680. The molecule has 2 atom stereocenters. The molecule has 0 bridgehead atoms. The van der Waals surface area contributed by atoms with Gasteiger partial charge < -0.3 is 9.57 Å². The quantitative estimate of drug-likeness (QED) is 0.317. The minimum absolute atomic E-state index is 0.0282. The van der Waals surface area contributed by atoms with E-state index in [4.69, 9.17) is 9.57 Å². The van der Waals surface area contributed by atoms with Gasteiger partial charge in [0.2, 0.25) is 5.12 Å². The van der Waals surface area contributed by atoms with Crippen LogP contribution in [0, 0.1) is 0 Å². The number of ether oxygens (including phenoxy) is 1. The molecule has 1 aliphatic heterocycles. The standard InChI is InChI=1S/C25H40N2O4S/c1-8-9-16-30-26-19-12-15-21(27(17-19)23(29)31-25(5,6)7)22(28)32-20-13-10-18(11-14-20)24(2,3)4/h10-11,13-14,19,21,26H,8-9,12,15-17H2,1-7H3/t19-,21+/m1/s1. The second-order valence-corrected chi connectivity index (χ2v) is 11.5. The number of benzene rings is 1. The zero-order valence-electron chi connectivity index (χ0n) is 20.7. The largest absolute Gasteiger partial charge is 0.444 e. The number of unbranched alkanes of at least 4 members (excludes halogenated alkanes) is 1. The van der Waals surface area contributed by atoms with Crippen molar-refractivity contribution in [1.82, 2.24) is 10.4 Å². The fourth-order valence-electron chi connectivity index (χ4n) is 3.43. The van der Waals surface area contributed by atoms with Crippen molar-refractivity contribution in [3.63, 3.8) is 0 Å². The van der Waals surface area contributed by atoms with Crippen molar-refractivity contribution in [2.45, 2.75) is 102 Å². The summed E-state index contributed by atoms with van der Waals surface area (Å²) >= 11 is 1.19. The molecule has 6 nitrogen and oxygen atoms in total. The SMILES string of the molecule is CCCCON[C@@H]1CC[C@@H](C(=O)Sc2ccc(C(C)(C)C)cc2)N(C(=O)OC(C)(C)C)C1. The number of carbonyl (C=O) groups is 2. The maximum atomic E-state index is 13.2. The Labute approximate surface area is 197 Å². The first-order valence-electron chi connectivity index (χ1n) is 11.6. The normalized spacial score (nSPS) is 19.7. The Bertz CT molecular complexity index is 753. The number of nitrogens with zero attached hydrogens (tertiary/aromatic N) is 1. The van der Waals surface area contributed by atoms with Crippen LogP contribution in [0.25, 0.3) is 0 Å². The molecule has 1 N–H and O–H groups in total. The average Bonchev–Trinajstić information content (AvgIpc) is 2.69. The van der Waals surface area contributed by atoms with Gasteiger partial charge in [-0.2, -0.15) is 5.48 Å². The fourth-order valence-corrected chi connectivity index (χ4v) is 4.32. The van der Waals surface area contributed by atoms with E-state index in [0.717, 1.165) is 24.2 Å². The number of piperidine rings is 1. The van der Waals surface area contributed by atoms with E-state index >= 15 is 0 Å². The highest BCUT2D eigenvalue weighted by atomic mass is 32.2. The first kappa shape index (κ1) is 26.7. The Morgan fingerprint density at radius 1 is 1.09 bits per heavy atom. The Morgan fingerprint density at radius 3 is 2.31 bits per heavy atom. The highest BCUT2D eigenvalue weighted by molar-refractivity contribution is 8.13. The Hall–Kier alpha value is -1.57. The predicted octanol–water partition coefficient (Wildman–Crippen LogP) is 5.69. The van der Waals surface area contributed by atoms with Crippen molar-refractivity contribution in [3.8, 4) is 0 Å². The third-order valence-corrected chi connectivity index (χ3v) is 6.25. The van der Waals surface area contributed by atoms with Crippen LogP contribution in [-0.2, 0) is 19.8 Å². The van der Waals surface area contributed by atoms with Gasteiger partial charge in [0.25, 0.3) is 0 Å². The van der Waals surface area contributed by atoms with Crippen molar-refractivity contribution in [2.24, 2.45) is 0 Å². The van der Waals surface area contributed by atoms with Gasteiger partial charge >= 0.3 is 6.09 Å². The molecule has 0 aliphatic carbocycles. The number of amides is 1. The highest BCUT2D eigenvalue weighted by Gasteiger charge is 2.38. The summed E-state index contributed by atoms with van der Waals surface area (Å²) in [6.45, 7) is 15.1. The highest BCUT2D eigenvalue weighted by Crippen LogP contribution is 2.30. The third-order valence-electron chi connectivity index (χ3n) is 5.27. The van der Waals surface area contributed by atoms with Crippen LogP contribution < -0.4 is 5.48 Å². The van der Waals surface area contributed by atoms with Crippen LogP contribution in [0.3, 0.4) is 0 Å². The van der Waals surface area contributed by atoms with E-state index < -0.39 is 17.7 Å². The van der Waals surface area contributed by atoms with Crippen molar-refractivity contribution < 1.29 is 19.2 Å². The number of hydrogen-bond acceptors (Lipinski definition) is 6. The summed E-state index contributed by atoms with van der Waals surface area (Å²) in [7, 11) is 0. The summed E-state index contributed by atoms with van der Waals surface area (Å²) in [5.41, 5.74) is 3.72. The molecule has 0 radical (unpaired) electrons. The van der Waals surface area contributed by atoms with E-state index in [-0.39, 0.29) is 16.6 Å². The minimum Gasteiger partial charge on any atom is -0.444 e. The summed E-state index contributed by atoms with van der Waals surface area (Å²) in [4.78, 5) is 34.1. The zero-order chi connectivity index (χ0) is 23.9. The second kappa shape index (κ2) is 11.5. The van der Waals surface area contributed by atoms with Crippen molar-refractivity contribution in [1.29, 1.82) is 0 Å². The molecule has 2 rings (SSSR count). The number of nitrogens with one attached hydrogen (secondary N) is 1. The van der Waals surface area contributed by atoms with Gasteiger partial charge in [-0.3, -0.25) is 9.69 Å². The van der Waals surface area contributed by atoms with Gasteiger partial charge in [-0.25, -0.2) is 4.79 Å². The van der Waals surface area contributed by atoms with E-state index in [1.807, 2.05) is 32.9 Å². The van der Waals surface area contributed by atoms with Crippen LogP contribution in [0.15, 0.2) is 29.2 Å². The van der Waals surface area contributed by atoms with Crippen LogP contribution >= 0.6 is 11.8 Å². The molecule has 0 spiro atoms. The number of likely N-dealkylation sites (tertiary alicyclic amines) is 1. The Balaban J connectivity index is 2.08. The van der Waals surface area contributed by atoms with Crippen LogP contribution in [-0.4, -0.2) is 46.9 Å². The lowest BCUT2D eigenvalue weighted by Crippen LogP contribution is -2.55. The van der Waals surface area contributed by atoms with Gasteiger partial charge in [-0.15, -0.1) is 0 Å². The molecular weight excluding hydrogens is 424 g/mol. The molecular formula is C25H40N2O4S. The lowest BCUT2D eigenvalue weighted by molar-refractivity contribution is -0.118. The summed E-state index contributed by atoms with van der Waals surface area (Å²) < 4.78 is 5.61. The van der Waals surface area contributed by atoms with E-state index in [2.05, 4.69) is 45.3 Å². The summed E-state index contributed by atoms with van der Waals surface area (Å²) in [6.07, 6.45) is 2.90. The monoisotopic (exact) mass is 464 g/mol. The Morgan fingerprint density at radius 2 is 1.75 bits per heavy atom. The molecule has 1 fully saturated rings. The van der Waals surface area contributed by atoms with Gasteiger partial charge in [0.1, 0.15) is 11.6 Å². The lowest BCUT2D eigenvalue weighted by atomic mass is 9.87. The van der Waals surface area contributed by atoms with E-state index in [9.17, 15) is 9.59 Å². The molecule has 32 heavy (non-hydrogen) atoms. The van der Waals surface area contributed by atoms with Crippen molar-refractivity contribution >= 4 is 23.0 Å². The predicted molar refractivity (Wildman–Crippen MR) is 130 cm³/mol.